The van der Waals surface area contributed by atoms with Crippen LogP contribution in [0.1, 0.15) is 12.5 Å². The summed E-state index contributed by atoms with van der Waals surface area (Å²) in [6.07, 6.45) is 0. The Bertz CT molecular complexity index is 1140. The van der Waals surface area contributed by atoms with Crippen LogP contribution in [0, 0.1) is 27.3 Å². The van der Waals surface area contributed by atoms with Crippen LogP contribution in [-0.4, -0.2) is 32.5 Å². The summed E-state index contributed by atoms with van der Waals surface area (Å²) in [5.41, 5.74) is -2.98. The number of para-hydroxylation sites is 1. The largest absolute Gasteiger partial charge is 0.372 e. The summed E-state index contributed by atoms with van der Waals surface area (Å²) in [4.78, 5) is 9.61. The molecule has 2 rings (SSSR count). The van der Waals surface area contributed by atoms with Crippen LogP contribution in [0.4, 0.5) is 18.9 Å². The number of benzene rings is 2. The lowest BCUT2D eigenvalue weighted by Gasteiger charge is -2.31. The fraction of sp³-hybridized carbons (Fsp3) is 0.278. The van der Waals surface area contributed by atoms with E-state index in [-0.39, 0.29) is 5.56 Å². The van der Waals surface area contributed by atoms with E-state index in [0.717, 1.165) is 31.2 Å². The molecule has 1 atom stereocenters. The summed E-state index contributed by atoms with van der Waals surface area (Å²) in [7, 11) is -4.65. The Labute approximate surface area is 184 Å². The van der Waals surface area contributed by atoms with Crippen molar-refractivity contribution in [2.75, 3.05) is 13.2 Å². The van der Waals surface area contributed by atoms with Gasteiger partial charge in [-0.3, -0.25) is 10.1 Å². The van der Waals surface area contributed by atoms with Crippen LogP contribution in [0.3, 0.4) is 0 Å². The molecule has 0 aromatic heterocycles. The van der Waals surface area contributed by atoms with E-state index in [9.17, 15) is 31.7 Å². The molecule has 0 aliphatic heterocycles. The maximum absolute atomic E-state index is 14.6. The third kappa shape index (κ3) is 6.01. The highest BCUT2D eigenvalue weighted by Crippen LogP contribution is 2.31. The van der Waals surface area contributed by atoms with Gasteiger partial charge >= 0.3 is 5.92 Å². The van der Waals surface area contributed by atoms with Gasteiger partial charge in [0.1, 0.15) is 18.5 Å². The normalized spacial score (nSPS) is 13.9. The second-order valence-corrected chi connectivity index (χ2v) is 9.16. The average molecular weight is 522 g/mol. The molecule has 1 N–H and O–H groups in total. The molecule has 0 radical (unpaired) electrons. The van der Waals surface area contributed by atoms with Crippen LogP contribution >= 0.6 is 15.9 Å². The summed E-state index contributed by atoms with van der Waals surface area (Å²) in [6, 6.07) is 8.74. The summed E-state index contributed by atoms with van der Waals surface area (Å²) < 4.78 is 74.3. The van der Waals surface area contributed by atoms with Gasteiger partial charge in [0.2, 0.25) is 10.0 Å². The van der Waals surface area contributed by atoms with Crippen LogP contribution in [0.25, 0.3) is 0 Å². The lowest BCUT2D eigenvalue weighted by Crippen LogP contribution is -2.48. The van der Waals surface area contributed by atoms with Gasteiger partial charge in [-0.1, -0.05) is 28.1 Å². The Morgan fingerprint density at radius 3 is 2.52 bits per heavy atom. The van der Waals surface area contributed by atoms with E-state index in [2.05, 4.69) is 20.7 Å². The molecule has 2 aromatic carbocycles. The summed E-state index contributed by atoms with van der Waals surface area (Å²) >= 11 is 3.12. The first-order chi connectivity index (χ1) is 14.3. The zero-order valence-electron chi connectivity index (χ0n) is 15.8. The van der Waals surface area contributed by atoms with Crippen molar-refractivity contribution in [2.24, 2.45) is 0 Å². The van der Waals surface area contributed by atoms with Crippen LogP contribution in [0.5, 0.6) is 0 Å². The fourth-order valence-electron chi connectivity index (χ4n) is 2.68. The van der Waals surface area contributed by atoms with Gasteiger partial charge in [0, 0.05) is 16.1 Å². The van der Waals surface area contributed by atoms with E-state index in [0.29, 0.717) is 4.47 Å². The quantitative estimate of drug-likeness (QED) is 0.394. The van der Waals surface area contributed by atoms with Crippen molar-refractivity contribution in [1.82, 2.24) is 4.72 Å². The number of nitro benzene ring substituents is 1. The number of halogens is 4. The van der Waals surface area contributed by atoms with Gasteiger partial charge in [0.05, 0.1) is 17.1 Å². The monoisotopic (exact) mass is 521 g/mol. The van der Waals surface area contributed by atoms with Crippen molar-refractivity contribution in [3.8, 4) is 6.07 Å². The van der Waals surface area contributed by atoms with Gasteiger partial charge in [-0.15, -0.1) is 0 Å². The van der Waals surface area contributed by atoms with Gasteiger partial charge in [-0.2, -0.15) is 18.8 Å². The SMILES string of the molecule is CC(COCC(F)(F)C#N)(NS(=O)(=O)c1ccccc1[N+](=O)[O-])c1cc(Br)ccc1F. The number of nitriles is 1. The van der Waals surface area contributed by atoms with Crippen molar-refractivity contribution in [3.63, 3.8) is 0 Å². The Morgan fingerprint density at radius 2 is 1.90 bits per heavy atom. The standard InChI is InChI=1S/C18H15BrF3N3O5S/c1-17(10-30-11-18(21,22)9-23,13-8-12(19)6-7-14(13)20)24-31(28,29)16-5-3-2-4-15(16)25(26)27/h2-8,24H,10-11H2,1H3. The number of hydrogen-bond donors (Lipinski definition) is 1. The molecular weight excluding hydrogens is 507 g/mol. The molecule has 0 fully saturated rings. The zero-order valence-corrected chi connectivity index (χ0v) is 18.2. The van der Waals surface area contributed by atoms with Crippen LogP contribution in [0.15, 0.2) is 51.8 Å². The van der Waals surface area contributed by atoms with Crippen LogP contribution in [0.2, 0.25) is 0 Å². The van der Waals surface area contributed by atoms with E-state index in [4.69, 9.17) is 10.00 Å². The first-order valence-electron chi connectivity index (χ1n) is 8.41. The minimum absolute atomic E-state index is 0.274. The van der Waals surface area contributed by atoms with Gasteiger partial charge in [0.15, 0.2) is 4.90 Å². The zero-order chi connectivity index (χ0) is 23.4. The third-order valence-electron chi connectivity index (χ3n) is 4.07. The molecule has 0 heterocycles. The highest BCUT2D eigenvalue weighted by atomic mass is 79.9. The van der Waals surface area contributed by atoms with Crippen molar-refractivity contribution < 1.29 is 31.2 Å². The molecule has 0 aliphatic carbocycles. The molecule has 0 saturated carbocycles. The van der Waals surface area contributed by atoms with Gasteiger partial charge in [-0.25, -0.2) is 12.8 Å². The molecule has 0 aliphatic rings. The maximum Gasteiger partial charge on any atom is 0.354 e. The molecule has 8 nitrogen and oxygen atoms in total. The Morgan fingerprint density at radius 1 is 1.26 bits per heavy atom. The predicted molar refractivity (Wildman–Crippen MR) is 106 cm³/mol. The van der Waals surface area contributed by atoms with E-state index in [1.165, 1.54) is 24.3 Å². The van der Waals surface area contributed by atoms with Crippen molar-refractivity contribution in [1.29, 1.82) is 5.26 Å². The number of rotatable bonds is 9. The number of nitrogens with one attached hydrogen (secondary N) is 1. The maximum atomic E-state index is 14.6. The van der Waals surface area contributed by atoms with Gasteiger partial charge < -0.3 is 4.74 Å². The van der Waals surface area contributed by atoms with Gasteiger partial charge in [0.25, 0.3) is 5.69 Å². The fourth-order valence-corrected chi connectivity index (χ4v) is 4.59. The Kier molecular flexibility index (Phi) is 7.43. The van der Waals surface area contributed by atoms with Crippen molar-refractivity contribution in [2.45, 2.75) is 23.3 Å². The molecule has 13 heteroatoms. The molecule has 0 spiro atoms. The Hall–Kier alpha value is -2.53. The summed E-state index contributed by atoms with van der Waals surface area (Å²) in [5.74, 6) is -4.74. The molecule has 2 aromatic rings. The lowest BCUT2D eigenvalue weighted by molar-refractivity contribution is -0.387. The number of nitro groups is 1. The molecule has 31 heavy (non-hydrogen) atoms. The third-order valence-corrected chi connectivity index (χ3v) is 6.21. The molecule has 0 amide bonds. The first kappa shape index (κ1) is 24.7. The predicted octanol–water partition coefficient (Wildman–Crippen LogP) is 3.87. The molecule has 0 saturated heterocycles. The lowest BCUT2D eigenvalue weighted by atomic mass is 9.93. The van der Waals surface area contributed by atoms with Gasteiger partial charge in [-0.05, 0) is 31.2 Å². The second kappa shape index (κ2) is 9.31. The van der Waals surface area contributed by atoms with Crippen molar-refractivity contribution in [3.05, 3.63) is 68.4 Å². The molecule has 0 bridgehead atoms. The van der Waals surface area contributed by atoms with Crippen LogP contribution in [-0.2, 0) is 20.3 Å². The number of alkyl halides is 2. The Balaban J connectivity index is 2.52. The highest BCUT2D eigenvalue weighted by molar-refractivity contribution is 9.10. The van der Waals surface area contributed by atoms with E-state index >= 15 is 0 Å². The highest BCUT2D eigenvalue weighted by Gasteiger charge is 2.39. The van der Waals surface area contributed by atoms with E-state index in [1.807, 2.05) is 0 Å². The number of hydrogen-bond acceptors (Lipinski definition) is 6. The summed E-state index contributed by atoms with van der Waals surface area (Å²) in [5, 5.41) is 19.6. The minimum Gasteiger partial charge on any atom is -0.372 e. The molecule has 1 unspecified atom stereocenters. The summed E-state index contributed by atoms with van der Waals surface area (Å²) in [6.45, 7) is -1.02. The smallest absolute Gasteiger partial charge is 0.354 e. The average Bonchev–Trinajstić information content (AvgIpc) is 2.69. The van der Waals surface area contributed by atoms with E-state index in [1.54, 1.807) is 0 Å². The first-order valence-corrected chi connectivity index (χ1v) is 10.7. The topological polar surface area (TPSA) is 122 Å². The number of sulfonamides is 1. The van der Waals surface area contributed by atoms with Crippen molar-refractivity contribution >= 4 is 31.6 Å². The second-order valence-electron chi connectivity index (χ2n) is 6.60. The molecule has 166 valence electrons. The van der Waals surface area contributed by atoms with E-state index < -0.39 is 56.0 Å². The molecular formula is C18H15BrF3N3O5S. The number of ether oxygens (including phenoxy) is 1. The minimum atomic E-state index is -4.65. The van der Waals surface area contributed by atoms with Crippen LogP contribution < -0.4 is 4.72 Å². The number of nitrogens with zero attached hydrogens (tertiary/aromatic N) is 2.